The largest absolute Gasteiger partial charge is 0.481 e. The number of esters is 3. The number of nitrogens with zero attached hydrogens (tertiary/aromatic N) is 1. The van der Waals surface area contributed by atoms with E-state index in [9.17, 15) is 28.8 Å². The summed E-state index contributed by atoms with van der Waals surface area (Å²) in [5, 5.41) is 8.47. The molecule has 1 N–H and O–H groups in total. The first-order valence-corrected chi connectivity index (χ1v) is 16.5. The number of rotatable bonds is 12. The van der Waals surface area contributed by atoms with Gasteiger partial charge in [0.15, 0.2) is 19.3 Å². The van der Waals surface area contributed by atoms with Crippen molar-refractivity contribution in [2.75, 3.05) is 33.2 Å². The van der Waals surface area contributed by atoms with E-state index in [-0.39, 0.29) is 63.2 Å². The van der Waals surface area contributed by atoms with Gasteiger partial charge in [0, 0.05) is 11.1 Å². The molecule has 2 saturated heterocycles. The van der Waals surface area contributed by atoms with Crippen molar-refractivity contribution in [3.8, 4) is 0 Å². The van der Waals surface area contributed by atoms with Gasteiger partial charge >= 0.3 is 23.9 Å². The third-order valence-corrected chi connectivity index (χ3v) is 7.78. The molecule has 52 heavy (non-hydrogen) atoms. The van der Waals surface area contributed by atoms with Crippen molar-refractivity contribution < 1.29 is 67.0 Å². The van der Waals surface area contributed by atoms with Gasteiger partial charge in [-0.3, -0.25) is 28.8 Å². The van der Waals surface area contributed by atoms with Crippen LogP contribution in [-0.2, 0) is 52.3 Å². The van der Waals surface area contributed by atoms with Crippen molar-refractivity contribution in [2.24, 2.45) is 0 Å². The van der Waals surface area contributed by atoms with E-state index in [1.165, 1.54) is 12.1 Å². The molecule has 0 aromatic heterocycles. The molecule has 2 fully saturated rings. The van der Waals surface area contributed by atoms with E-state index < -0.39 is 67.2 Å². The van der Waals surface area contributed by atoms with Crippen molar-refractivity contribution in [3.63, 3.8) is 0 Å². The molecule has 0 spiro atoms. The lowest BCUT2D eigenvalue weighted by Crippen LogP contribution is -2.35. The molecule has 0 atom stereocenters. The highest BCUT2D eigenvalue weighted by Gasteiger charge is 2.36. The van der Waals surface area contributed by atoms with E-state index in [4.69, 9.17) is 38.3 Å². The minimum atomic E-state index is -1.03. The van der Waals surface area contributed by atoms with Gasteiger partial charge in [0.1, 0.15) is 12.2 Å². The molecule has 0 saturated carbocycles. The summed E-state index contributed by atoms with van der Waals surface area (Å²) in [4.78, 5) is 71.0. The molecule has 3 aromatic rings. The highest BCUT2D eigenvalue weighted by Crippen LogP contribution is 2.25. The summed E-state index contributed by atoms with van der Waals surface area (Å²) < 4.78 is 37.5. The summed E-state index contributed by atoms with van der Waals surface area (Å²) in [5.74, 6) is -3.95. The molecule has 2 amide bonds. The molecule has 274 valence electrons. The predicted molar refractivity (Wildman–Crippen MR) is 176 cm³/mol. The van der Waals surface area contributed by atoms with Crippen LogP contribution in [0.5, 0.6) is 0 Å². The monoisotopic (exact) mass is 719 g/mol. The standard InChI is InChI=1S/C23H21NO8.C14H16O6/c25-19(31-14-24-21(27)17-8-4-5-9-18(17)22(24)28)10-11-20(26)32-16-12-29-23(30-13-16)15-6-2-1-3-7-15;15-12(16)6-7-13(17)20-11-8-18-14(19-9-11)10-4-2-1-3-5-10/h1-9,16,23H,10-14H2;1-5,11,14H,6-9H2,(H,15,16). The van der Waals surface area contributed by atoms with Crippen molar-refractivity contribution >= 4 is 35.7 Å². The lowest BCUT2D eigenvalue weighted by atomic mass is 10.1. The number of hydrogen-bond acceptors (Lipinski definition) is 13. The second-order valence-electron chi connectivity index (χ2n) is 11.7. The molecule has 0 radical (unpaired) electrons. The highest BCUT2D eigenvalue weighted by molar-refractivity contribution is 6.21. The first kappa shape index (κ1) is 37.8. The third kappa shape index (κ3) is 10.8. The Morgan fingerprint density at radius 1 is 0.577 bits per heavy atom. The summed E-state index contributed by atoms with van der Waals surface area (Å²) in [7, 11) is 0. The predicted octanol–water partition coefficient (Wildman–Crippen LogP) is 3.73. The van der Waals surface area contributed by atoms with Gasteiger partial charge in [0.2, 0.25) is 0 Å². The van der Waals surface area contributed by atoms with E-state index in [0.29, 0.717) is 0 Å². The lowest BCUT2D eigenvalue weighted by molar-refractivity contribution is -0.229. The summed E-state index contributed by atoms with van der Waals surface area (Å²) in [6.07, 6.45) is -2.86. The van der Waals surface area contributed by atoms with Gasteiger partial charge < -0.3 is 38.3 Å². The number of carboxylic acids is 1. The number of benzene rings is 3. The molecule has 0 bridgehead atoms. The molecular weight excluding hydrogens is 682 g/mol. The molecule has 15 nitrogen and oxygen atoms in total. The Hall–Kier alpha value is -5.48. The van der Waals surface area contributed by atoms with Gasteiger partial charge in [0.25, 0.3) is 11.8 Å². The topological polar surface area (TPSA) is 190 Å². The van der Waals surface area contributed by atoms with E-state index in [1.54, 1.807) is 12.1 Å². The quantitative estimate of drug-likeness (QED) is 0.162. The van der Waals surface area contributed by atoms with Crippen LogP contribution in [-0.4, -0.2) is 91.1 Å². The second kappa shape index (κ2) is 18.7. The SMILES string of the molecule is O=C(CCC(=O)OC1COC(c2ccccc2)OC1)OCN1C(=O)c2ccccc2C1=O.O=C(O)CCC(=O)OC1COC(c2ccccc2)OC1. The van der Waals surface area contributed by atoms with Crippen LogP contribution in [0.4, 0.5) is 0 Å². The molecule has 3 aliphatic heterocycles. The second-order valence-corrected chi connectivity index (χ2v) is 11.7. The van der Waals surface area contributed by atoms with E-state index >= 15 is 0 Å². The maximum Gasteiger partial charge on any atom is 0.308 e. The number of carboxylic acid groups (broad SMARTS) is 1. The third-order valence-electron chi connectivity index (χ3n) is 7.78. The highest BCUT2D eigenvalue weighted by atomic mass is 16.7. The van der Waals surface area contributed by atoms with E-state index in [1.807, 2.05) is 60.7 Å². The first-order valence-electron chi connectivity index (χ1n) is 16.5. The van der Waals surface area contributed by atoms with Crippen molar-refractivity contribution in [1.82, 2.24) is 4.90 Å². The Morgan fingerprint density at radius 2 is 0.962 bits per heavy atom. The van der Waals surface area contributed by atoms with Crippen LogP contribution in [0, 0.1) is 0 Å². The molecule has 3 heterocycles. The fraction of sp³-hybridized carbons (Fsp3) is 0.351. The molecule has 3 aliphatic rings. The normalized spacial score (nSPS) is 20.9. The summed E-state index contributed by atoms with van der Waals surface area (Å²) >= 11 is 0. The van der Waals surface area contributed by atoms with Crippen molar-refractivity contribution in [3.05, 3.63) is 107 Å². The van der Waals surface area contributed by atoms with Crippen LogP contribution < -0.4 is 0 Å². The summed E-state index contributed by atoms with van der Waals surface area (Å²) in [6.45, 7) is 0.313. The molecule has 0 aliphatic carbocycles. The number of carbonyl (C=O) groups is 6. The maximum absolute atomic E-state index is 12.2. The zero-order chi connectivity index (χ0) is 36.9. The number of amides is 2. The number of carbonyl (C=O) groups excluding carboxylic acids is 5. The van der Waals surface area contributed by atoms with Crippen LogP contribution in [0.3, 0.4) is 0 Å². The van der Waals surface area contributed by atoms with Gasteiger partial charge in [-0.15, -0.1) is 0 Å². The molecule has 0 unspecified atom stereocenters. The Morgan fingerprint density at radius 3 is 1.38 bits per heavy atom. The number of fused-ring (bicyclic) bond motifs is 1. The molecule has 3 aromatic carbocycles. The minimum absolute atomic E-state index is 0.145. The van der Waals surface area contributed by atoms with Crippen molar-refractivity contribution in [1.29, 1.82) is 0 Å². The van der Waals surface area contributed by atoms with Crippen LogP contribution in [0.25, 0.3) is 0 Å². The molecule has 6 rings (SSSR count). The van der Waals surface area contributed by atoms with Gasteiger partial charge in [-0.2, -0.15) is 0 Å². The summed E-state index contributed by atoms with van der Waals surface area (Å²) in [6, 6.07) is 25.2. The Balaban J connectivity index is 0.000000225. The molecular formula is C37H37NO14. The number of hydrogen-bond donors (Lipinski definition) is 1. The summed E-state index contributed by atoms with van der Waals surface area (Å²) in [5.41, 5.74) is 2.31. The van der Waals surface area contributed by atoms with Crippen molar-refractivity contribution in [2.45, 2.75) is 50.5 Å². The number of imide groups is 1. The van der Waals surface area contributed by atoms with Crippen LogP contribution >= 0.6 is 0 Å². The fourth-order valence-electron chi connectivity index (χ4n) is 5.18. The lowest BCUT2D eigenvalue weighted by Gasteiger charge is -2.29. The van der Waals surface area contributed by atoms with Crippen LogP contribution in [0.1, 0.15) is 70.1 Å². The van der Waals surface area contributed by atoms with Gasteiger partial charge in [-0.05, 0) is 12.1 Å². The van der Waals surface area contributed by atoms with Gasteiger partial charge in [-0.1, -0.05) is 72.8 Å². The van der Waals surface area contributed by atoms with Crippen LogP contribution in [0.2, 0.25) is 0 Å². The average Bonchev–Trinajstić information content (AvgIpc) is 3.41. The Labute approximate surface area is 298 Å². The smallest absolute Gasteiger partial charge is 0.308 e. The Kier molecular flexibility index (Phi) is 13.6. The zero-order valence-electron chi connectivity index (χ0n) is 28.0. The molecule has 15 heteroatoms. The number of ether oxygens (including phenoxy) is 7. The van der Waals surface area contributed by atoms with Gasteiger partial charge in [0.05, 0.1) is 63.2 Å². The van der Waals surface area contributed by atoms with E-state index in [2.05, 4.69) is 0 Å². The van der Waals surface area contributed by atoms with Crippen LogP contribution in [0.15, 0.2) is 84.9 Å². The fourth-order valence-corrected chi connectivity index (χ4v) is 5.18. The average molecular weight is 720 g/mol. The first-order chi connectivity index (χ1) is 25.2. The van der Waals surface area contributed by atoms with Gasteiger partial charge in [-0.25, -0.2) is 4.90 Å². The van der Waals surface area contributed by atoms with E-state index in [0.717, 1.165) is 16.0 Å². The maximum atomic E-state index is 12.2. The Bertz CT molecular complexity index is 1660. The number of aliphatic carboxylic acids is 1. The zero-order valence-corrected chi connectivity index (χ0v) is 28.0. The minimum Gasteiger partial charge on any atom is -0.481 e.